The fourth-order valence-electron chi connectivity index (χ4n) is 10.4. The van der Waals surface area contributed by atoms with E-state index in [1.807, 2.05) is 36.4 Å². The number of aromatic nitrogens is 4. The van der Waals surface area contributed by atoms with Crippen LogP contribution in [0.25, 0.3) is 34.2 Å². The largest absolute Gasteiger partial charge is 0.478 e. The minimum Gasteiger partial charge on any atom is -0.478 e. The molecule has 0 radical (unpaired) electrons. The first-order valence-electron chi connectivity index (χ1n) is 22.9. The smallest absolute Gasteiger partial charge is 0.446 e. The Balaban J connectivity index is 0.000000229. The molecule has 0 saturated heterocycles. The fraction of sp³-hybridized carbons (Fsp3) is 0.396. The molecular weight excluding hydrogens is 963 g/mol. The van der Waals surface area contributed by atoms with Crippen LogP contribution < -0.4 is 10.6 Å². The average molecular weight is 1020 g/mol. The first-order valence-corrected chi connectivity index (χ1v) is 24.5. The third-order valence-corrected chi connectivity index (χ3v) is 13.9. The highest BCUT2D eigenvalue weighted by Gasteiger charge is 2.37. The second kappa shape index (κ2) is 21.9. The summed E-state index contributed by atoms with van der Waals surface area (Å²) in [5.41, 5.74) is -2.30. The van der Waals surface area contributed by atoms with Crippen molar-refractivity contribution in [1.29, 1.82) is 0 Å². The summed E-state index contributed by atoms with van der Waals surface area (Å²) in [5, 5.41) is 24.5. The van der Waals surface area contributed by atoms with E-state index < -0.39 is 23.0 Å². The molecule has 4 atom stereocenters. The molecule has 2 heterocycles. The second-order valence-electron chi connectivity index (χ2n) is 20.0. The zero-order chi connectivity index (χ0) is 50.8. The predicted octanol–water partition coefficient (Wildman–Crippen LogP) is 16.4. The maximum Gasteiger partial charge on any atom is 0.446 e. The first kappa shape index (κ1) is 54.5. The van der Waals surface area contributed by atoms with E-state index in [-0.39, 0.29) is 63.7 Å². The van der Waals surface area contributed by atoms with Gasteiger partial charge in [-0.05, 0) is 181 Å². The third-order valence-electron chi connectivity index (χ3n) is 12.4. The molecule has 2 aliphatic carbocycles. The topological polar surface area (TPSA) is 134 Å². The molecule has 2 aliphatic rings. The standard InChI is InChI=1S/2C26H28F3N3O2S.CH4/c2*1-16-12-19(15-25(2,3)14-16)32-22-10-4-17(5-11-23(33)34)13-21(22)31-24(32)30-18-6-8-20(9-7-18)35-26(27,28)29;/h2*4-11,13,16,19H,12,14-15H2,1-3H3,(H,30,31)(H,33,34);1H4/b2*11-5+;/t2*16-,19+;/m10./s1. The van der Waals surface area contributed by atoms with Crippen molar-refractivity contribution in [3.05, 3.63) is 108 Å². The number of carbonyl (C=O) groups is 2. The number of imidazole rings is 2. The van der Waals surface area contributed by atoms with E-state index >= 15 is 0 Å². The first-order chi connectivity index (χ1) is 32.8. The van der Waals surface area contributed by atoms with Gasteiger partial charge in [0.2, 0.25) is 11.9 Å². The molecule has 18 heteroatoms. The molecule has 4 aromatic carbocycles. The van der Waals surface area contributed by atoms with E-state index in [4.69, 9.17) is 20.2 Å². The van der Waals surface area contributed by atoms with Crippen molar-refractivity contribution < 1.29 is 46.1 Å². The molecule has 0 bridgehead atoms. The number of benzene rings is 4. The number of alkyl halides is 6. The summed E-state index contributed by atoms with van der Waals surface area (Å²) in [4.78, 5) is 31.7. The zero-order valence-electron chi connectivity index (χ0n) is 39.5. The average Bonchev–Trinajstić information content (AvgIpc) is 3.78. The molecule has 2 fully saturated rings. The van der Waals surface area contributed by atoms with Gasteiger partial charge in [0, 0.05) is 45.4 Å². The van der Waals surface area contributed by atoms with Gasteiger partial charge in [-0.15, -0.1) is 0 Å². The van der Waals surface area contributed by atoms with Crippen molar-refractivity contribution in [2.45, 2.75) is 120 Å². The molecule has 0 amide bonds. The van der Waals surface area contributed by atoms with Gasteiger partial charge in [-0.3, -0.25) is 0 Å². The monoisotopic (exact) mass is 1020 g/mol. The second-order valence-corrected chi connectivity index (χ2v) is 22.3. The van der Waals surface area contributed by atoms with Crippen molar-refractivity contribution in [2.24, 2.45) is 22.7 Å². The number of halogens is 6. The maximum absolute atomic E-state index is 12.7. The number of rotatable bonds is 12. The van der Waals surface area contributed by atoms with Gasteiger partial charge in [0.25, 0.3) is 0 Å². The highest BCUT2D eigenvalue weighted by Crippen LogP contribution is 2.48. The van der Waals surface area contributed by atoms with E-state index in [1.165, 1.54) is 36.4 Å². The lowest BCUT2D eigenvalue weighted by Gasteiger charge is -2.40. The molecule has 71 heavy (non-hydrogen) atoms. The van der Waals surface area contributed by atoms with E-state index in [1.54, 1.807) is 24.3 Å². The van der Waals surface area contributed by atoms with Crippen molar-refractivity contribution in [2.75, 3.05) is 10.6 Å². The Kier molecular flexibility index (Phi) is 16.8. The van der Waals surface area contributed by atoms with E-state index in [0.29, 0.717) is 35.1 Å². The van der Waals surface area contributed by atoms with E-state index in [9.17, 15) is 35.9 Å². The number of nitrogens with zero attached hydrogens (tertiary/aromatic N) is 4. The Morgan fingerprint density at radius 1 is 0.606 bits per heavy atom. The van der Waals surface area contributed by atoms with Crippen LogP contribution in [-0.4, -0.2) is 52.3 Å². The number of anilines is 4. The Hall–Kier alpha value is -5.88. The van der Waals surface area contributed by atoms with Gasteiger partial charge < -0.3 is 30.0 Å². The molecule has 2 aromatic heterocycles. The van der Waals surface area contributed by atoms with Gasteiger partial charge in [-0.2, -0.15) is 26.3 Å². The molecular formula is C53H60F6N6O4S2. The summed E-state index contributed by atoms with van der Waals surface area (Å²) in [5.74, 6) is 0.249. The number of nitrogens with one attached hydrogen (secondary N) is 2. The lowest BCUT2D eigenvalue weighted by Crippen LogP contribution is -2.29. The van der Waals surface area contributed by atoms with Crippen molar-refractivity contribution >= 4 is 93.0 Å². The summed E-state index contributed by atoms with van der Waals surface area (Å²) >= 11 is -0.286. The number of aliphatic carboxylic acids is 2. The van der Waals surface area contributed by atoms with Crippen LogP contribution in [0.3, 0.4) is 0 Å². The maximum atomic E-state index is 12.7. The lowest BCUT2D eigenvalue weighted by atomic mass is 9.70. The highest BCUT2D eigenvalue weighted by atomic mass is 32.2. The zero-order valence-corrected chi connectivity index (χ0v) is 41.2. The number of carboxylic acid groups (broad SMARTS) is 2. The van der Waals surface area contributed by atoms with Crippen molar-refractivity contribution in [3.8, 4) is 0 Å². The van der Waals surface area contributed by atoms with E-state index in [0.717, 1.165) is 83.9 Å². The van der Waals surface area contributed by atoms with Gasteiger partial charge in [-0.1, -0.05) is 61.1 Å². The number of carboxylic acids is 2. The van der Waals surface area contributed by atoms with Crippen LogP contribution in [0, 0.1) is 22.7 Å². The van der Waals surface area contributed by atoms with Gasteiger partial charge in [0.15, 0.2) is 0 Å². The number of fused-ring (bicyclic) bond motifs is 2. The van der Waals surface area contributed by atoms with Crippen LogP contribution in [-0.2, 0) is 9.59 Å². The Bertz CT molecular complexity index is 2690. The van der Waals surface area contributed by atoms with Crippen LogP contribution in [0.4, 0.5) is 49.6 Å². The highest BCUT2D eigenvalue weighted by molar-refractivity contribution is 8.00. The van der Waals surface area contributed by atoms with Gasteiger partial charge in [0.05, 0.1) is 22.1 Å². The fourth-order valence-corrected chi connectivity index (χ4v) is 11.5. The summed E-state index contributed by atoms with van der Waals surface area (Å²) in [6.07, 6.45) is 11.4. The summed E-state index contributed by atoms with van der Waals surface area (Å²) in [6.45, 7) is 13.6. The minimum atomic E-state index is -4.33. The molecule has 0 aliphatic heterocycles. The number of hydrogen-bond donors (Lipinski definition) is 4. The Morgan fingerprint density at radius 2 is 0.958 bits per heavy atom. The molecule has 2 saturated carbocycles. The molecule has 0 unspecified atom stereocenters. The van der Waals surface area contributed by atoms with Crippen molar-refractivity contribution in [1.82, 2.24) is 19.1 Å². The minimum absolute atomic E-state index is 0. The van der Waals surface area contributed by atoms with Crippen LogP contribution in [0.15, 0.2) is 107 Å². The SMILES string of the molecule is C.C[C@@H]1C[C@H](n2c(Nc3ccc(SC(F)(F)F)cc3)nc3cc(/C=C/C(=O)O)ccc32)CC(C)(C)C1.C[C@H]1C[C@@H](n2c(Nc3ccc(SC(F)(F)F)cc3)nc3cc(/C=C/C(=O)O)ccc32)CC(C)(C)C1. The summed E-state index contributed by atoms with van der Waals surface area (Å²) < 4.78 is 80.5. The van der Waals surface area contributed by atoms with Gasteiger partial charge in [0.1, 0.15) is 0 Å². The predicted molar refractivity (Wildman–Crippen MR) is 274 cm³/mol. The third kappa shape index (κ3) is 15.1. The molecule has 10 nitrogen and oxygen atoms in total. The molecule has 0 spiro atoms. The summed E-state index contributed by atoms with van der Waals surface area (Å²) in [6, 6.07) is 23.9. The number of thioether (sulfide) groups is 2. The van der Waals surface area contributed by atoms with E-state index in [2.05, 4.69) is 61.3 Å². The number of hydrogen-bond acceptors (Lipinski definition) is 8. The molecule has 380 valence electrons. The molecule has 8 rings (SSSR count). The van der Waals surface area contributed by atoms with Crippen molar-refractivity contribution in [3.63, 3.8) is 0 Å². The summed E-state index contributed by atoms with van der Waals surface area (Å²) in [7, 11) is 0. The Morgan fingerprint density at radius 3 is 1.27 bits per heavy atom. The molecule has 6 aromatic rings. The van der Waals surface area contributed by atoms with Crippen LogP contribution in [0.2, 0.25) is 0 Å². The van der Waals surface area contributed by atoms with Crippen LogP contribution in [0.5, 0.6) is 0 Å². The quantitative estimate of drug-likeness (QED) is 0.0533. The molecule has 4 N–H and O–H groups in total. The Labute approximate surface area is 418 Å². The lowest BCUT2D eigenvalue weighted by molar-refractivity contribution is -0.132. The van der Waals surface area contributed by atoms with Crippen LogP contribution >= 0.6 is 23.5 Å². The normalized spacial score (nSPS) is 20.1. The van der Waals surface area contributed by atoms with Gasteiger partial charge >= 0.3 is 23.0 Å². The van der Waals surface area contributed by atoms with Gasteiger partial charge in [-0.25, -0.2) is 19.6 Å². The van der Waals surface area contributed by atoms with Crippen LogP contribution in [0.1, 0.15) is 111 Å².